The number of benzene rings is 1. The number of aryl methyl sites for hydroxylation is 1. The SMILES string of the molecule is Cc1ccc(C#N)c(N2CCC3CCC(C2)N3C)c1. The van der Waals surface area contributed by atoms with Crippen LogP contribution in [0.15, 0.2) is 18.2 Å². The lowest BCUT2D eigenvalue weighted by molar-refractivity contribution is 0.254. The quantitative estimate of drug-likeness (QED) is 0.772. The van der Waals surface area contributed by atoms with Crippen LogP contribution in [0.1, 0.15) is 30.4 Å². The Balaban J connectivity index is 1.91. The van der Waals surface area contributed by atoms with Crippen molar-refractivity contribution >= 4 is 5.69 Å². The molecule has 2 unspecified atom stereocenters. The maximum Gasteiger partial charge on any atom is 0.101 e. The molecule has 2 aliphatic heterocycles. The van der Waals surface area contributed by atoms with Gasteiger partial charge in [0, 0.05) is 25.2 Å². The van der Waals surface area contributed by atoms with Gasteiger partial charge in [0.25, 0.3) is 0 Å². The molecule has 3 heteroatoms. The van der Waals surface area contributed by atoms with Crippen LogP contribution in [-0.4, -0.2) is 37.1 Å². The van der Waals surface area contributed by atoms with Crippen LogP contribution in [0.4, 0.5) is 5.69 Å². The van der Waals surface area contributed by atoms with Gasteiger partial charge in [0.1, 0.15) is 6.07 Å². The van der Waals surface area contributed by atoms with Gasteiger partial charge in [0.2, 0.25) is 0 Å². The zero-order chi connectivity index (χ0) is 13.4. The summed E-state index contributed by atoms with van der Waals surface area (Å²) < 4.78 is 0. The summed E-state index contributed by atoms with van der Waals surface area (Å²) in [6, 6.07) is 9.88. The molecule has 3 rings (SSSR count). The van der Waals surface area contributed by atoms with Gasteiger partial charge in [-0.2, -0.15) is 5.26 Å². The van der Waals surface area contributed by atoms with Gasteiger partial charge in [-0.3, -0.25) is 4.90 Å². The molecular formula is C16H21N3. The number of hydrogen-bond donors (Lipinski definition) is 0. The van der Waals surface area contributed by atoms with E-state index in [0.29, 0.717) is 6.04 Å². The third kappa shape index (κ3) is 2.21. The largest absolute Gasteiger partial charge is 0.369 e. The molecule has 0 saturated carbocycles. The van der Waals surface area contributed by atoms with Crippen molar-refractivity contribution in [1.29, 1.82) is 5.26 Å². The number of likely N-dealkylation sites (N-methyl/N-ethyl adjacent to an activating group) is 1. The standard InChI is InChI=1S/C16H21N3/c1-12-3-4-13(10-17)16(9-12)19-8-7-14-5-6-15(11-19)18(14)2/h3-4,9,14-15H,5-8,11H2,1-2H3. The molecule has 2 aliphatic rings. The normalized spacial score (nSPS) is 27.1. The topological polar surface area (TPSA) is 30.3 Å². The second kappa shape index (κ2) is 4.86. The molecular weight excluding hydrogens is 234 g/mol. The molecule has 19 heavy (non-hydrogen) atoms. The van der Waals surface area contributed by atoms with Gasteiger partial charge in [-0.05, 0) is 50.9 Å². The van der Waals surface area contributed by atoms with Crippen molar-refractivity contribution in [2.24, 2.45) is 0 Å². The van der Waals surface area contributed by atoms with E-state index in [1.54, 1.807) is 0 Å². The molecule has 2 fully saturated rings. The minimum absolute atomic E-state index is 0.652. The van der Waals surface area contributed by atoms with Crippen LogP contribution >= 0.6 is 0 Å². The summed E-state index contributed by atoms with van der Waals surface area (Å²) in [5, 5.41) is 9.31. The maximum absolute atomic E-state index is 9.31. The minimum atomic E-state index is 0.652. The van der Waals surface area contributed by atoms with E-state index < -0.39 is 0 Å². The number of hydrogen-bond acceptors (Lipinski definition) is 3. The fourth-order valence-electron chi connectivity index (χ4n) is 3.53. The molecule has 3 nitrogen and oxygen atoms in total. The molecule has 0 radical (unpaired) electrons. The van der Waals surface area contributed by atoms with Gasteiger partial charge < -0.3 is 4.90 Å². The Hall–Kier alpha value is -1.53. The zero-order valence-corrected chi connectivity index (χ0v) is 11.8. The third-order valence-corrected chi connectivity index (χ3v) is 4.76. The van der Waals surface area contributed by atoms with Crippen molar-refractivity contribution in [3.63, 3.8) is 0 Å². The Kier molecular flexibility index (Phi) is 3.20. The van der Waals surface area contributed by atoms with E-state index in [4.69, 9.17) is 0 Å². The molecule has 1 aromatic carbocycles. The van der Waals surface area contributed by atoms with E-state index in [2.05, 4.69) is 35.9 Å². The zero-order valence-electron chi connectivity index (χ0n) is 11.8. The van der Waals surface area contributed by atoms with Gasteiger partial charge in [-0.1, -0.05) is 6.07 Å². The Morgan fingerprint density at radius 1 is 1.21 bits per heavy atom. The van der Waals surface area contributed by atoms with Gasteiger partial charge in [0.15, 0.2) is 0 Å². The molecule has 0 aliphatic carbocycles. The maximum atomic E-state index is 9.31. The van der Waals surface area contributed by atoms with E-state index in [9.17, 15) is 5.26 Å². The Labute approximate surface area is 115 Å². The van der Waals surface area contributed by atoms with Crippen LogP contribution in [0.5, 0.6) is 0 Å². The number of anilines is 1. The van der Waals surface area contributed by atoms with Crippen molar-refractivity contribution in [2.75, 3.05) is 25.0 Å². The summed E-state index contributed by atoms with van der Waals surface area (Å²) in [4.78, 5) is 4.97. The predicted octanol–water partition coefficient (Wildman–Crippen LogP) is 2.54. The molecule has 2 saturated heterocycles. The number of rotatable bonds is 1. The fourth-order valence-corrected chi connectivity index (χ4v) is 3.53. The summed E-state index contributed by atoms with van der Waals surface area (Å²) >= 11 is 0. The van der Waals surface area contributed by atoms with Crippen molar-refractivity contribution in [2.45, 2.75) is 38.3 Å². The first-order valence-electron chi connectivity index (χ1n) is 7.16. The van der Waals surface area contributed by atoms with Crippen LogP contribution in [0.3, 0.4) is 0 Å². The van der Waals surface area contributed by atoms with E-state index in [1.807, 2.05) is 12.1 Å². The lowest BCUT2D eigenvalue weighted by Crippen LogP contribution is -2.36. The number of fused-ring (bicyclic) bond motifs is 2. The first kappa shape index (κ1) is 12.5. The second-order valence-corrected chi connectivity index (χ2v) is 5.92. The average Bonchev–Trinajstić information content (AvgIpc) is 2.63. The van der Waals surface area contributed by atoms with Crippen molar-refractivity contribution in [1.82, 2.24) is 4.90 Å². The fraction of sp³-hybridized carbons (Fsp3) is 0.562. The predicted molar refractivity (Wildman–Crippen MR) is 77.3 cm³/mol. The highest BCUT2D eigenvalue weighted by Gasteiger charge is 2.35. The van der Waals surface area contributed by atoms with Crippen molar-refractivity contribution in [3.8, 4) is 6.07 Å². The molecule has 0 aromatic heterocycles. The van der Waals surface area contributed by atoms with Gasteiger partial charge in [0.05, 0.1) is 11.3 Å². The third-order valence-electron chi connectivity index (χ3n) is 4.76. The van der Waals surface area contributed by atoms with E-state index in [-0.39, 0.29) is 0 Å². The first-order chi connectivity index (χ1) is 9.19. The molecule has 2 heterocycles. The Morgan fingerprint density at radius 3 is 2.79 bits per heavy atom. The highest BCUT2D eigenvalue weighted by Crippen LogP contribution is 2.32. The van der Waals surface area contributed by atoms with E-state index >= 15 is 0 Å². The lowest BCUT2D eigenvalue weighted by atomic mass is 10.1. The molecule has 2 bridgehead atoms. The van der Waals surface area contributed by atoms with Crippen LogP contribution < -0.4 is 4.90 Å². The van der Waals surface area contributed by atoms with E-state index in [1.165, 1.54) is 24.8 Å². The van der Waals surface area contributed by atoms with Gasteiger partial charge in [-0.25, -0.2) is 0 Å². The highest BCUT2D eigenvalue weighted by atomic mass is 15.3. The van der Waals surface area contributed by atoms with Crippen LogP contribution in [0.2, 0.25) is 0 Å². The number of nitrogens with zero attached hydrogens (tertiary/aromatic N) is 3. The van der Waals surface area contributed by atoms with Crippen LogP contribution in [-0.2, 0) is 0 Å². The molecule has 100 valence electrons. The Bertz CT molecular complexity index is 517. The summed E-state index contributed by atoms with van der Waals surface area (Å²) in [7, 11) is 2.26. The van der Waals surface area contributed by atoms with Crippen LogP contribution in [0, 0.1) is 18.3 Å². The highest BCUT2D eigenvalue weighted by molar-refractivity contribution is 5.61. The van der Waals surface area contributed by atoms with Crippen molar-refractivity contribution in [3.05, 3.63) is 29.3 Å². The molecule has 2 atom stereocenters. The minimum Gasteiger partial charge on any atom is -0.369 e. The Morgan fingerprint density at radius 2 is 2.00 bits per heavy atom. The lowest BCUT2D eigenvalue weighted by Gasteiger charge is -2.28. The van der Waals surface area contributed by atoms with E-state index in [0.717, 1.165) is 30.4 Å². The first-order valence-corrected chi connectivity index (χ1v) is 7.16. The molecule has 1 aromatic rings. The summed E-state index contributed by atoms with van der Waals surface area (Å²) in [6.07, 6.45) is 3.85. The average molecular weight is 255 g/mol. The number of nitriles is 1. The molecule has 0 spiro atoms. The molecule has 0 amide bonds. The molecule has 0 N–H and O–H groups in total. The summed E-state index contributed by atoms with van der Waals surface area (Å²) in [5.74, 6) is 0. The summed E-state index contributed by atoms with van der Waals surface area (Å²) in [6.45, 7) is 4.23. The monoisotopic (exact) mass is 255 g/mol. The summed E-state index contributed by atoms with van der Waals surface area (Å²) in [5.41, 5.74) is 3.17. The van der Waals surface area contributed by atoms with Gasteiger partial charge >= 0.3 is 0 Å². The smallest absolute Gasteiger partial charge is 0.101 e. The van der Waals surface area contributed by atoms with Crippen molar-refractivity contribution < 1.29 is 0 Å². The van der Waals surface area contributed by atoms with Crippen LogP contribution in [0.25, 0.3) is 0 Å². The van der Waals surface area contributed by atoms with Gasteiger partial charge in [-0.15, -0.1) is 0 Å². The second-order valence-electron chi connectivity index (χ2n) is 5.92.